The highest BCUT2D eigenvalue weighted by atomic mass is 35.5. The minimum absolute atomic E-state index is 0.0689. The second-order valence-corrected chi connectivity index (χ2v) is 5.23. The van der Waals surface area contributed by atoms with Crippen LogP contribution in [-0.4, -0.2) is 13.2 Å². The fraction of sp³-hybridized carbons (Fsp3) is 0.250. The number of halogens is 2. The van der Waals surface area contributed by atoms with Crippen molar-refractivity contribution in [3.05, 3.63) is 64.4 Å². The van der Waals surface area contributed by atoms with Crippen LogP contribution in [0, 0.1) is 5.82 Å². The maximum atomic E-state index is 13.3. The highest BCUT2D eigenvalue weighted by Crippen LogP contribution is 2.22. The van der Waals surface area contributed by atoms with Crippen LogP contribution in [0.3, 0.4) is 0 Å². The number of ether oxygens (including phenoxy) is 1. The Hall–Kier alpha value is -1.62. The third-order valence-corrected chi connectivity index (χ3v) is 3.74. The van der Waals surface area contributed by atoms with Crippen LogP contribution in [0.1, 0.15) is 11.1 Å². The zero-order valence-electron chi connectivity index (χ0n) is 11.8. The molecule has 0 aliphatic rings. The summed E-state index contributed by atoms with van der Waals surface area (Å²) in [5.41, 5.74) is 4.53. The summed E-state index contributed by atoms with van der Waals surface area (Å²) in [6.45, 7) is 0. The number of benzene rings is 2. The van der Waals surface area contributed by atoms with Crippen LogP contribution in [0.5, 0.6) is 5.75 Å². The number of hydrazine groups is 1. The first kappa shape index (κ1) is 15.8. The lowest BCUT2D eigenvalue weighted by Gasteiger charge is -2.18. The largest absolute Gasteiger partial charge is 0.496 e. The molecule has 0 spiro atoms. The molecule has 5 heteroatoms. The smallest absolute Gasteiger partial charge is 0.123 e. The van der Waals surface area contributed by atoms with Crippen molar-refractivity contribution >= 4 is 11.6 Å². The lowest BCUT2D eigenvalue weighted by atomic mass is 9.99. The van der Waals surface area contributed by atoms with Crippen LogP contribution in [0.15, 0.2) is 42.5 Å². The lowest BCUT2D eigenvalue weighted by Crippen LogP contribution is -2.38. The van der Waals surface area contributed by atoms with Crippen molar-refractivity contribution in [1.29, 1.82) is 0 Å². The summed E-state index contributed by atoms with van der Waals surface area (Å²) in [7, 11) is 1.63. The molecule has 0 amide bonds. The van der Waals surface area contributed by atoms with E-state index in [0.29, 0.717) is 17.9 Å². The fourth-order valence-corrected chi connectivity index (χ4v) is 2.49. The van der Waals surface area contributed by atoms with Gasteiger partial charge in [-0.2, -0.15) is 0 Å². The molecule has 0 fully saturated rings. The Balaban J connectivity index is 2.15. The second kappa shape index (κ2) is 7.41. The van der Waals surface area contributed by atoms with E-state index in [1.54, 1.807) is 13.2 Å². The standard InChI is InChI=1S/C16H18ClFN2O/c1-21-16-5-3-2-4-11(16)9-14(20-19)10-12-8-13(18)6-7-15(12)17/h2-8,14,20H,9-10,19H2,1H3. The summed E-state index contributed by atoms with van der Waals surface area (Å²) < 4.78 is 18.6. The molecule has 21 heavy (non-hydrogen) atoms. The molecule has 0 radical (unpaired) electrons. The minimum atomic E-state index is -0.303. The van der Waals surface area contributed by atoms with Gasteiger partial charge >= 0.3 is 0 Å². The quantitative estimate of drug-likeness (QED) is 0.637. The zero-order valence-corrected chi connectivity index (χ0v) is 12.5. The molecule has 2 aromatic carbocycles. The van der Waals surface area contributed by atoms with E-state index in [9.17, 15) is 4.39 Å². The molecule has 0 aliphatic heterocycles. The Morgan fingerprint density at radius 2 is 1.90 bits per heavy atom. The van der Waals surface area contributed by atoms with E-state index >= 15 is 0 Å². The lowest BCUT2D eigenvalue weighted by molar-refractivity contribution is 0.404. The Kier molecular flexibility index (Phi) is 5.56. The molecule has 0 aromatic heterocycles. The van der Waals surface area contributed by atoms with Gasteiger partial charge in [-0.1, -0.05) is 29.8 Å². The van der Waals surface area contributed by atoms with Crippen molar-refractivity contribution in [2.24, 2.45) is 5.84 Å². The van der Waals surface area contributed by atoms with Crippen molar-refractivity contribution in [1.82, 2.24) is 5.43 Å². The summed E-state index contributed by atoms with van der Waals surface area (Å²) in [6, 6.07) is 12.0. The van der Waals surface area contributed by atoms with Crippen molar-refractivity contribution < 1.29 is 9.13 Å². The molecule has 3 nitrogen and oxygen atoms in total. The van der Waals surface area contributed by atoms with Gasteiger partial charge in [-0.25, -0.2) is 4.39 Å². The van der Waals surface area contributed by atoms with Gasteiger partial charge in [0.1, 0.15) is 11.6 Å². The molecule has 0 bridgehead atoms. The SMILES string of the molecule is COc1ccccc1CC(Cc1cc(F)ccc1Cl)NN. The molecule has 1 atom stereocenters. The van der Waals surface area contributed by atoms with E-state index < -0.39 is 0 Å². The Bertz CT molecular complexity index is 607. The van der Waals surface area contributed by atoms with Gasteiger partial charge in [0, 0.05) is 11.1 Å². The van der Waals surface area contributed by atoms with Crippen LogP contribution in [-0.2, 0) is 12.8 Å². The maximum Gasteiger partial charge on any atom is 0.123 e. The number of nitrogens with one attached hydrogen (secondary N) is 1. The number of para-hydroxylation sites is 1. The predicted molar refractivity (Wildman–Crippen MR) is 82.9 cm³/mol. The van der Waals surface area contributed by atoms with Gasteiger partial charge in [-0.05, 0) is 48.2 Å². The maximum absolute atomic E-state index is 13.3. The van der Waals surface area contributed by atoms with Crippen LogP contribution < -0.4 is 16.0 Å². The van der Waals surface area contributed by atoms with Crippen LogP contribution in [0.25, 0.3) is 0 Å². The molecule has 0 aliphatic carbocycles. The minimum Gasteiger partial charge on any atom is -0.496 e. The molecular formula is C16H18ClFN2O. The van der Waals surface area contributed by atoms with E-state index in [1.807, 2.05) is 24.3 Å². The molecule has 1 unspecified atom stereocenters. The summed E-state index contributed by atoms with van der Waals surface area (Å²) in [5.74, 6) is 6.13. The number of methoxy groups -OCH3 is 1. The zero-order chi connectivity index (χ0) is 15.2. The van der Waals surface area contributed by atoms with Crippen LogP contribution >= 0.6 is 11.6 Å². The van der Waals surface area contributed by atoms with E-state index in [2.05, 4.69) is 5.43 Å². The van der Waals surface area contributed by atoms with Gasteiger partial charge in [-0.15, -0.1) is 0 Å². The van der Waals surface area contributed by atoms with Gasteiger partial charge in [0.05, 0.1) is 7.11 Å². The van der Waals surface area contributed by atoms with E-state index in [4.69, 9.17) is 22.2 Å². The first-order valence-corrected chi connectivity index (χ1v) is 7.03. The molecule has 2 rings (SSSR count). The summed E-state index contributed by atoms with van der Waals surface area (Å²) in [5, 5.41) is 0.539. The van der Waals surface area contributed by atoms with Crippen LogP contribution in [0.2, 0.25) is 5.02 Å². The van der Waals surface area contributed by atoms with Gasteiger partial charge in [0.25, 0.3) is 0 Å². The van der Waals surface area contributed by atoms with Gasteiger partial charge in [0.2, 0.25) is 0 Å². The van der Waals surface area contributed by atoms with Gasteiger partial charge in [-0.3, -0.25) is 11.3 Å². The van der Waals surface area contributed by atoms with Crippen LogP contribution in [0.4, 0.5) is 4.39 Å². The normalized spacial score (nSPS) is 12.2. The number of hydrogen-bond acceptors (Lipinski definition) is 3. The third kappa shape index (κ3) is 4.17. The first-order valence-electron chi connectivity index (χ1n) is 6.66. The Labute approximate surface area is 128 Å². The summed E-state index contributed by atoms with van der Waals surface area (Å²) in [4.78, 5) is 0. The molecule has 0 saturated heterocycles. The number of hydrogen-bond donors (Lipinski definition) is 2. The van der Waals surface area contributed by atoms with E-state index in [1.165, 1.54) is 12.1 Å². The van der Waals surface area contributed by atoms with E-state index in [-0.39, 0.29) is 11.9 Å². The fourth-order valence-electron chi connectivity index (χ4n) is 2.29. The van der Waals surface area contributed by atoms with Crippen molar-refractivity contribution in [3.63, 3.8) is 0 Å². The molecule has 112 valence electrons. The highest BCUT2D eigenvalue weighted by molar-refractivity contribution is 6.31. The third-order valence-electron chi connectivity index (χ3n) is 3.37. The summed E-state index contributed by atoms with van der Waals surface area (Å²) in [6.07, 6.45) is 1.19. The molecule has 3 N–H and O–H groups in total. The topological polar surface area (TPSA) is 47.3 Å². The Morgan fingerprint density at radius 3 is 2.62 bits per heavy atom. The number of rotatable bonds is 6. The van der Waals surface area contributed by atoms with Gasteiger partial charge < -0.3 is 4.74 Å². The first-order chi connectivity index (χ1) is 10.1. The number of nitrogens with two attached hydrogens (primary N) is 1. The molecule has 0 saturated carbocycles. The molecule has 2 aromatic rings. The van der Waals surface area contributed by atoms with Crippen molar-refractivity contribution in [2.45, 2.75) is 18.9 Å². The monoisotopic (exact) mass is 308 g/mol. The predicted octanol–water partition coefficient (Wildman–Crippen LogP) is 3.10. The average molecular weight is 309 g/mol. The highest BCUT2D eigenvalue weighted by Gasteiger charge is 2.14. The van der Waals surface area contributed by atoms with Crippen molar-refractivity contribution in [2.75, 3.05) is 7.11 Å². The second-order valence-electron chi connectivity index (χ2n) is 4.82. The average Bonchev–Trinajstić information content (AvgIpc) is 2.50. The molecular weight excluding hydrogens is 291 g/mol. The van der Waals surface area contributed by atoms with Crippen molar-refractivity contribution in [3.8, 4) is 5.75 Å². The Morgan fingerprint density at radius 1 is 1.19 bits per heavy atom. The summed E-state index contributed by atoms with van der Waals surface area (Å²) >= 11 is 6.10. The van der Waals surface area contributed by atoms with E-state index in [0.717, 1.165) is 16.9 Å². The van der Waals surface area contributed by atoms with Gasteiger partial charge in [0.15, 0.2) is 0 Å². The molecule has 0 heterocycles.